The van der Waals surface area contributed by atoms with Gasteiger partial charge in [-0.15, -0.1) is 0 Å². The minimum atomic E-state index is -1.44. The number of nitrogens with zero attached hydrogens (tertiary/aromatic N) is 1. The minimum Gasteiger partial charge on any atom is -0.481 e. The summed E-state index contributed by atoms with van der Waals surface area (Å²) in [5.74, 6) is -2.68. The van der Waals surface area contributed by atoms with Gasteiger partial charge in [-0.25, -0.2) is 9.59 Å². The van der Waals surface area contributed by atoms with Crippen LogP contribution in [0.5, 0.6) is 0 Å². The van der Waals surface area contributed by atoms with E-state index in [9.17, 15) is 14.4 Å². The summed E-state index contributed by atoms with van der Waals surface area (Å²) in [5.41, 5.74) is 0. The summed E-state index contributed by atoms with van der Waals surface area (Å²) in [7, 11) is 1.49. The van der Waals surface area contributed by atoms with E-state index in [1.165, 1.54) is 11.9 Å². The number of carbonyl (C=O) groups excluding carboxylic acids is 1. The zero-order valence-corrected chi connectivity index (χ0v) is 10.8. The van der Waals surface area contributed by atoms with Gasteiger partial charge in [0.2, 0.25) is 0 Å². The van der Waals surface area contributed by atoms with Crippen LogP contribution >= 0.6 is 0 Å². The summed E-state index contributed by atoms with van der Waals surface area (Å²) in [6, 6.07) is -2.07. The quantitative estimate of drug-likeness (QED) is 0.429. The van der Waals surface area contributed by atoms with Gasteiger partial charge >= 0.3 is 18.0 Å². The molecule has 0 heterocycles. The molecule has 0 aliphatic carbocycles. The summed E-state index contributed by atoms with van der Waals surface area (Å²) in [5, 5.41) is 28.0. The number of urea groups is 1. The Balaban J connectivity index is 4.16. The van der Waals surface area contributed by atoms with Gasteiger partial charge in [-0.05, 0) is 19.3 Å². The predicted octanol–water partition coefficient (Wildman–Crippen LogP) is -0.282. The number of aliphatic carboxylic acids is 2. The third-order valence-electron chi connectivity index (χ3n) is 2.47. The molecule has 110 valence electrons. The van der Waals surface area contributed by atoms with Crippen LogP contribution in [0.3, 0.4) is 0 Å². The number of amides is 2. The van der Waals surface area contributed by atoms with E-state index in [1.54, 1.807) is 0 Å². The predicted molar refractivity (Wildman–Crippen MR) is 65.8 cm³/mol. The molecule has 0 radical (unpaired) electrons. The van der Waals surface area contributed by atoms with Crippen molar-refractivity contribution in [3.8, 4) is 0 Å². The molecule has 0 fully saturated rings. The highest BCUT2D eigenvalue weighted by molar-refractivity contribution is 5.86. The van der Waals surface area contributed by atoms with E-state index in [2.05, 4.69) is 5.32 Å². The van der Waals surface area contributed by atoms with E-state index in [4.69, 9.17) is 15.3 Å². The first-order chi connectivity index (χ1) is 8.88. The number of hydrogen-bond donors (Lipinski definition) is 4. The van der Waals surface area contributed by atoms with Crippen molar-refractivity contribution in [1.82, 2.24) is 10.2 Å². The minimum absolute atomic E-state index is 0.0929. The van der Waals surface area contributed by atoms with Gasteiger partial charge in [-0.1, -0.05) is 0 Å². The van der Waals surface area contributed by atoms with Crippen LogP contribution in [0.25, 0.3) is 0 Å². The summed E-state index contributed by atoms with van der Waals surface area (Å²) >= 11 is 0. The molecule has 0 aliphatic rings. The van der Waals surface area contributed by atoms with Gasteiger partial charge in [0, 0.05) is 20.2 Å². The molecule has 2 amide bonds. The van der Waals surface area contributed by atoms with E-state index in [-0.39, 0.29) is 6.61 Å². The number of rotatable bonds is 9. The Labute approximate surface area is 111 Å². The third-order valence-corrected chi connectivity index (χ3v) is 2.47. The van der Waals surface area contributed by atoms with Gasteiger partial charge in [-0.3, -0.25) is 4.79 Å². The first-order valence-electron chi connectivity index (χ1n) is 5.95. The summed E-state index contributed by atoms with van der Waals surface area (Å²) in [4.78, 5) is 34.1. The highest BCUT2D eigenvalue weighted by Crippen LogP contribution is 1.99. The number of carboxylic acid groups (broad SMARTS) is 2. The van der Waals surface area contributed by atoms with Crippen molar-refractivity contribution in [2.75, 3.05) is 20.2 Å². The molecular weight excluding hydrogens is 256 g/mol. The van der Waals surface area contributed by atoms with Crippen molar-refractivity contribution in [3.05, 3.63) is 0 Å². The number of hydrogen-bond acceptors (Lipinski definition) is 4. The van der Waals surface area contributed by atoms with E-state index < -0.39 is 30.4 Å². The van der Waals surface area contributed by atoms with Crippen LogP contribution in [-0.4, -0.2) is 64.4 Å². The smallest absolute Gasteiger partial charge is 0.326 e. The lowest BCUT2D eigenvalue weighted by molar-refractivity contribution is -0.145. The Morgan fingerprint density at radius 3 is 2.26 bits per heavy atom. The fourth-order valence-electron chi connectivity index (χ4n) is 1.37. The van der Waals surface area contributed by atoms with Crippen LogP contribution < -0.4 is 5.32 Å². The number of aliphatic hydroxyl groups is 1. The van der Waals surface area contributed by atoms with Crippen LogP contribution in [0.4, 0.5) is 4.79 Å². The molecule has 8 nitrogen and oxygen atoms in total. The molecule has 0 aromatic carbocycles. The maximum absolute atomic E-state index is 11.6. The Kier molecular flexibility index (Phi) is 8.27. The largest absolute Gasteiger partial charge is 0.481 e. The number of carbonyl (C=O) groups is 3. The molecular formula is C11H20N2O6. The standard InChI is InChI=1S/C11H20N2O6/c1-13(5-3-2-4-6-14)11(19)12-8(10(17)18)7-9(15)16/h8,14H,2-7H2,1H3,(H,12,19)(H,15,16)(H,17,18). The average Bonchev–Trinajstić information content (AvgIpc) is 2.32. The summed E-state index contributed by atoms with van der Waals surface area (Å²) in [6.07, 6.45) is 1.42. The molecule has 0 saturated carbocycles. The number of aliphatic hydroxyl groups excluding tert-OH is 1. The molecule has 0 bridgehead atoms. The SMILES string of the molecule is CN(CCCCCO)C(=O)NC(CC(=O)O)C(=O)O. The molecule has 0 aliphatic heterocycles. The number of unbranched alkanes of at least 4 members (excludes halogenated alkanes) is 2. The fraction of sp³-hybridized carbons (Fsp3) is 0.727. The fourth-order valence-corrected chi connectivity index (χ4v) is 1.37. The molecule has 4 N–H and O–H groups in total. The van der Waals surface area contributed by atoms with Crippen molar-refractivity contribution < 1.29 is 29.7 Å². The second kappa shape index (κ2) is 9.15. The highest BCUT2D eigenvalue weighted by Gasteiger charge is 2.24. The topological polar surface area (TPSA) is 127 Å². The van der Waals surface area contributed by atoms with Crippen LogP contribution in [-0.2, 0) is 9.59 Å². The molecule has 8 heteroatoms. The van der Waals surface area contributed by atoms with Gasteiger partial charge < -0.3 is 25.5 Å². The van der Waals surface area contributed by atoms with Crippen molar-refractivity contribution in [2.24, 2.45) is 0 Å². The Morgan fingerprint density at radius 2 is 1.79 bits per heavy atom. The van der Waals surface area contributed by atoms with Crippen molar-refractivity contribution >= 4 is 18.0 Å². The lowest BCUT2D eigenvalue weighted by Crippen LogP contribution is -2.47. The van der Waals surface area contributed by atoms with Crippen LogP contribution in [0.15, 0.2) is 0 Å². The number of nitrogens with one attached hydrogen (secondary N) is 1. The van der Waals surface area contributed by atoms with Crippen molar-refractivity contribution in [1.29, 1.82) is 0 Å². The zero-order chi connectivity index (χ0) is 14.8. The summed E-state index contributed by atoms with van der Waals surface area (Å²) < 4.78 is 0. The molecule has 0 rings (SSSR count). The zero-order valence-electron chi connectivity index (χ0n) is 10.8. The molecule has 0 aromatic rings. The highest BCUT2D eigenvalue weighted by atomic mass is 16.4. The van der Waals surface area contributed by atoms with Crippen molar-refractivity contribution in [2.45, 2.75) is 31.7 Å². The second-order valence-electron chi connectivity index (χ2n) is 4.14. The van der Waals surface area contributed by atoms with Gasteiger partial charge in [0.1, 0.15) is 6.04 Å². The molecule has 19 heavy (non-hydrogen) atoms. The Bertz CT molecular complexity index is 320. The van der Waals surface area contributed by atoms with Crippen LogP contribution in [0.1, 0.15) is 25.7 Å². The molecule has 0 aromatic heterocycles. The summed E-state index contributed by atoms with van der Waals surface area (Å²) in [6.45, 7) is 0.501. The number of carboxylic acids is 2. The first-order valence-corrected chi connectivity index (χ1v) is 5.95. The van der Waals surface area contributed by atoms with E-state index in [0.717, 1.165) is 6.42 Å². The van der Waals surface area contributed by atoms with E-state index in [1.807, 2.05) is 0 Å². The molecule has 1 atom stereocenters. The molecule has 0 saturated heterocycles. The van der Waals surface area contributed by atoms with Crippen LogP contribution in [0.2, 0.25) is 0 Å². The monoisotopic (exact) mass is 276 g/mol. The van der Waals surface area contributed by atoms with Gasteiger partial charge in [0.05, 0.1) is 6.42 Å². The van der Waals surface area contributed by atoms with Gasteiger partial charge in [0.25, 0.3) is 0 Å². The first kappa shape index (κ1) is 17.2. The Morgan fingerprint density at radius 1 is 1.16 bits per heavy atom. The van der Waals surface area contributed by atoms with E-state index >= 15 is 0 Å². The third kappa shape index (κ3) is 7.98. The Hall–Kier alpha value is -1.83. The molecule has 1 unspecified atom stereocenters. The van der Waals surface area contributed by atoms with Crippen LogP contribution in [0, 0.1) is 0 Å². The molecule has 0 spiro atoms. The maximum Gasteiger partial charge on any atom is 0.326 e. The second-order valence-corrected chi connectivity index (χ2v) is 4.14. The lowest BCUT2D eigenvalue weighted by Gasteiger charge is -2.20. The normalized spacial score (nSPS) is 11.7. The van der Waals surface area contributed by atoms with E-state index in [0.29, 0.717) is 19.4 Å². The lowest BCUT2D eigenvalue weighted by atomic mass is 10.2. The average molecular weight is 276 g/mol. The van der Waals surface area contributed by atoms with Crippen molar-refractivity contribution in [3.63, 3.8) is 0 Å². The maximum atomic E-state index is 11.6. The van der Waals surface area contributed by atoms with Gasteiger partial charge in [0.15, 0.2) is 0 Å². The van der Waals surface area contributed by atoms with Gasteiger partial charge in [-0.2, -0.15) is 0 Å².